The largest absolute Gasteiger partial charge is 0.481 e. The van der Waals surface area contributed by atoms with E-state index in [0.717, 1.165) is 35.6 Å². The molecule has 144 valence electrons. The van der Waals surface area contributed by atoms with E-state index in [-0.39, 0.29) is 5.91 Å². The molecular formula is C23H25N3O2. The molecule has 1 aromatic heterocycles. The number of carbonyl (C=O) groups excluding carboxylic acids is 1. The van der Waals surface area contributed by atoms with Gasteiger partial charge in [-0.3, -0.25) is 4.79 Å². The number of imidazole rings is 1. The highest BCUT2D eigenvalue weighted by molar-refractivity contribution is 5.94. The highest BCUT2D eigenvalue weighted by atomic mass is 16.5. The second-order valence-corrected chi connectivity index (χ2v) is 7.32. The number of amides is 1. The number of fused-ring (bicyclic) bond motifs is 1. The molecular weight excluding hydrogens is 350 g/mol. The van der Waals surface area contributed by atoms with Gasteiger partial charge in [-0.2, -0.15) is 0 Å². The summed E-state index contributed by atoms with van der Waals surface area (Å²) in [5.41, 5.74) is 4.28. The molecule has 0 radical (unpaired) electrons. The van der Waals surface area contributed by atoms with Gasteiger partial charge in [-0.25, -0.2) is 4.98 Å². The maximum absolute atomic E-state index is 12.4. The number of ether oxygens (including phenoxy) is 1. The summed E-state index contributed by atoms with van der Waals surface area (Å²) in [5, 5.41) is 2.92. The van der Waals surface area contributed by atoms with Crippen LogP contribution in [0.15, 0.2) is 54.7 Å². The van der Waals surface area contributed by atoms with Crippen molar-refractivity contribution < 1.29 is 9.53 Å². The minimum atomic E-state index is -0.582. The van der Waals surface area contributed by atoms with E-state index in [0.29, 0.717) is 5.75 Å². The Morgan fingerprint density at radius 1 is 1.11 bits per heavy atom. The summed E-state index contributed by atoms with van der Waals surface area (Å²) in [7, 11) is 0. The average Bonchev–Trinajstić information content (AvgIpc) is 3.14. The molecule has 2 heterocycles. The third-order valence-electron chi connectivity index (χ3n) is 5.12. The minimum absolute atomic E-state index is 0.175. The van der Waals surface area contributed by atoms with Crippen LogP contribution in [-0.2, 0) is 17.8 Å². The number of nitrogens with one attached hydrogen (secondary N) is 1. The van der Waals surface area contributed by atoms with Crippen molar-refractivity contribution in [2.45, 2.75) is 45.8 Å². The van der Waals surface area contributed by atoms with Crippen LogP contribution >= 0.6 is 0 Å². The van der Waals surface area contributed by atoms with Crippen molar-refractivity contribution in [3.8, 4) is 17.1 Å². The number of carbonyl (C=O) groups is 1. The summed E-state index contributed by atoms with van der Waals surface area (Å²) in [6.07, 6.45) is 4.93. The number of aryl methyl sites for hydroxylation is 2. The van der Waals surface area contributed by atoms with Crippen molar-refractivity contribution in [1.82, 2.24) is 9.55 Å². The van der Waals surface area contributed by atoms with Gasteiger partial charge in [0.15, 0.2) is 6.10 Å². The molecule has 1 aliphatic rings. The molecule has 0 fully saturated rings. The number of nitrogens with zero attached hydrogens (tertiary/aromatic N) is 2. The minimum Gasteiger partial charge on any atom is -0.481 e. The second kappa shape index (κ2) is 7.89. The van der Waals surface area contributed by atoms with Crippen LogP contribution in [0.3, 0.4) is 0 Å². The molecule has 5 heteroatoms. The van der Waals surface area contributed by atoms with Gasteiger partial charge in [-0.05, 0) is 69.5 Å². The normalized spacial score (nSPS) is 14.2. The Kier molecular flexibility index (Phi) is 5.15. The van der Waals surface area contributed by atoms with Crippen LogP contribution in [0.2, 0.25) is 0 Å². The van der Waals surface area contributed by atoms with Crippen molar-refractivity contribution >= 4 is 11.6 Å². The molecule has 4 rings (SSSR count). The summed E-state index contributed by atoms with van der Waals surface area (Å²) >= 11 is 0. The van der Waals surface area contributed by atoms with Crippen molar-refractivity contribution in [2.24, 2.45) is 0 Å². The van der Waals surface area contributed by atoms with Gasteiger partial charge in [-0.15, -0.1) is 0 Å². The van der Waals surface area contributed by atoms with E-state index in [1.165, 1.54) is 18.5 Å². The van der Waals surface area contributed by atoms with E-state index in [9.17, 15) is 4.79 Å². The Hall–Kier alpha value is -3.08. The average molecular weight is 375 g/mol. The van der Waals surface area contributed by atoms with E-state index in [4.69, 9.17) is 4.74 Å². The Labute approximate surface area is 165 Å². The van der Waals surface area contributed by atoms with Crippen LogP contribution in [0.25, 0.3) is 11.4 Å². The molecule has 1 amide bonds. The first-order chi connectivity index (χ1) is 13.6. The van der Waals surface area contributed by atoms with Gasteiger partial charge in [0, 0.05) is 29.7 Å². The van der Waals surface area contributed by atoms with Crippen molar-refractivity contribution in [2.75, 3.05) is 5.32 Å². The molecule has 1 aliphatic heterocycles. The lowest BCUT2D eigenvalue weighted by Crippen LogP contribution is -2.30. The summed E-state index contributed by atoms with van der Waals surface area (Å²) in [5.74, 6) is 1.52. The van der Waals surface area contributed by atoms with Crippen LogP contribution in [-0.4, -0.2) is 21.6 Å². The predicted octanol–water partition coefficient (Wildman–Crippen LogP) is 4.60. The van der Waals surface area contributed by atoms with E-state index >= 15 is 0 Å². The monoisotopic (exact) mass is 375 g/mol. The fourth-order valence-electron chi connectivity index (χ4n) is 3.49. The molecule has 1 atom stereocenters. The molecule has 3 aromatic rings. The number of benzene rings is 2. The first-order valence-electron chi connectivity index (χ1n) is 9.79. The summed E-state index contributed by atoms with van der Waals surface area (Å²) in [6, 6.07) is 15.5. The first kappa shape index (κ1) is 18.3. The fourth-order valence-corrected chi connectivity index (χ4v) is 3.49. The predicted molar refractivity (Wildman–Crippen MR) is 110 cm³/mol. The van der Waals surface area contributed by atoms with Gasteiger partial charge < -0.3 is 14.6 Å². The summed E-state index contributed by atoms with van der Waals surface area (Å²) in [4.78, 5) is 17.0. The van der Waals surface area contributed by atoms with Gasteiger partial charge in [0.1, 0.15) is 11.6 Å². The maximum atomic E-state index is 12.4. The van der Waals surface area contributed by atoms with Crippen LogP contribution in [0.1, 0.15) is 31.0 Å². The smallest absolute Gasteiger partial charge is 0.265 e. The molecule has 0 spiro atoms. The second-order valence-electron chi connectivity index (χ2n) is 7.32. The van der Waals surface area contributed by atoms with Crippen LogP contribution in [0.4, 0.5) is 5.69 Å². The number of anilines is 1. The van der Waals surface area contributed by atoms with Gasteiger partial charge >= 0.3 is 0 Å². The quantitative estimate of drug-likeness (QED) is 0.709. The standard InChI is InChI=1S/C23H25N3O2/c1-16-6-12-21(13-7-16)28-17(2)23(27)25-19-10-8-18(9-11-19)22-24-15-20-5-3-4-14-26(20)22/h6-13,15,17H,3-5,14H2,1-2H3,(H,25,27). The fraction of sp³-hybridized carbons (Fsp3) is 0.304. The summed E-state index contributed by atoms with van der Waals surface area (Å²) in [6.45, 7) is 4.79. The molecule has 1 N–H and O–H groups in total. The molecule has 0 saturated heterocycles. The van der Waals surface area contributed by atoms with E-state index < -0.39 is 6.10 Å². The molecule has 28 heavy (non-hydrogen) atoms. The van der Waals surface area contributed by atoms with E-state index in [1.54, 1.807) is 6.92 Å². The van der Waals surface area contributed by atoms with Gasteiger partial charge in [0.2, 0.25) is 0 Å². The zero-order valence-electron chi connectivity index (χ0n) is 16.3. The SMILES string of the molecule is Cc1ccc(OC(C)C(=O)Nc2ccc(-c3ncc4n3CCCC4)cc2)cc1. The lowest BCUT2D eigenvalue weighted by molar-refractivity contribution is -0.122. The molecule has 0 aliphatic carbocycles. The first-order valence-corrected chi connectivity index (χ1v) is 9.79. The van der Waals surface area contributed by atoms with Crippen molar-refractivity contribution in [1.29, 1.82) is 0 Å². The lowest BCUT2D eigenvalue weighted by Gasteiger charge is -2.17. The topological polar surface area (TPSA) is 56.1 Å². The van der Waals surface area contributed by atoms with Crippen LogP contribution < -0.4 is 10.1 Å². The summed E-state index contributed by atoms with van der Waals surface area (Å²) < 4.78 is 8.02. The zero-order valence-corrected chi connectivity index (χ0v) is 16.3. The van der Waals surface area contributed by atoms with Gasteiger partial charge in [-0.1, -0.05) is 17.7 Å². The van der Waals surface area contributed by atoms with E-state index in [1.807, 2.05) is 61.7 Å². The van der Waals surface area contributed by atoms with Crippen LogP contribution in [0, 0.1) is 6.92 Å². The number of aromatic nitrogens is 2. The molecule has 2 aromatic carbocycles. The lowest BCUT2D eigenvalue weighted by atomic mass is 10.1. The highest BCUT2D eigenvalue weighted by Gasteiger charge is 2.17. The Morgan fingerprint density at radius 3 is 2.61 bits per heavy atom. The van der Waals surface area contributed by atoms with Crippen LogP contribution in [0.5, 0.6) is 5.75 Å². The van der Waals surface area contributed by atoms with Crippen molar-refractivity contribution in [3.63, 3.8) is 0 Å². The third kappa shape index (κ3) is 3.93. The molecule has 5 nitrogen and oxygen atoms in total. The number of rotatable bonds is 5. The van der Waals surface area contributed by atoms with Gasteiger partial charge in [0.05, 0.1) is 0 Å². The highest BCUT2D eigenvalue weighted by Crippen LogP contribution is 2.25. The Balaban J connectivity index is 1.40. The van der Waals surface area contributed by atoms with E-state index in [2.05, 4.69) is 14.9 Å². The van der Waals surface area contributed by atoms with Gasteiger partial charge in [0.25, 0.3) is 5.91 Å². The molecule has 0 bridgehead atoms. The Morgan fingerprint density at radius 2 is 1.86 bits per heavy atom. The molecule has 0 saturated carbocycles. The number of hydrogen-bond acceptors (Lipinski definition) is 3. The maximum Gasteiger partial charge on any atom is 0.265 e. The van der Waals surface area contributed by atoms with Crippen molar-refractivity contribution in [3.05, 3.63) is 66.0 Å². The Bertz CT molecular complexity index is 959. The third-order valence-corrected chi connectivity index (χ3v) is 5.12. The zero-order chi connectivity index (χ0) is 19.5. The number of hydrogen-bond donors (Lipinski definition) is 1. The molecule has 1 unspecified atom stereocenters.